The van der Waals surface area contributed by atoms with E-state index in [1.54, 1.807) is 0 Å². The Morgan fingerprint density at radius 1 is 1.47 bits per heavy atom. The monoisotopic (exact) mass is 335 g/mol. The Morgan fingerprint density at radius 2 is 2.27 bits per heavy atom. The van der Waals surface area contributed by atoms with Gasteiger partial charge in [0.05, 0.1) is 5.39 Å². The Kier molecular flexibility index (Phi) is 3.45. The van der Waals surface area contributed by atoms with Crippen LogP contribution in [0.15, 0.2) is 12.5 Å². The maximum absolute atomic E-state index is 6.04. The summed E-state index contributed by atoms with van der Waals surface area (Å²) in [5, 5.41) is 1.51. The van der Waals surface area contributed by atoms with Crippen molar-refractivity contribution in [1.82, 2.24) is 14.5 Å². The zero-order valence-corrected chi connectivity index (χ0v) is 11.3. The van der Waals surface area contributed by atoms with Crippen molar-refractivity contribution in [1.29, 1.82) is 0 Å². The molecule has 2 aromatic heterocycles. The van der Waals surface area contributed by atoms with Crippen molar-refractivity contribution in [3.05, 3.63) is 21.2 Å². The molecule has 80 valence electrons. The van der Waals surface area contributed by atoms with Crippen LogP contribution in [0.25, 0.3) is 11.0 Å². The summed E-state index contributed by atoms with van der Waals surface area (Å²) in [5.41, 5.74) is 0.938. The highest BCUT2D eigenvalue weighted by Gasteiger charge is 2.11. The van der Waals surface area contributed by atoms with Crippen LogP contribution in [-0.4, -0.2) is 14.5 Å². The molecule has 0 aliphatic rings. The molecule has 5 heteroatoms. The second-order valence-corrected chi connectivity index (χ2v) is 4.91. The number of unbranched alkanes of at least 4 members (excludes halogenated alkanes) is 1. The molecular weight excluding hydrogens is 324 g/mol. The van der Waals surface area contributed by atoms with Crippen LogP contribution in [0.4, 0.5) is 0 Å². The van der Waals surface area contributed by atoms with Crippen LogP contribution in [-0.2, 0) is 6.54 Å². The van der Waals surface area contributed by atoms with Crippen LogP contribution < -0.4 is 0 Å². The van der Waals surface area contributed by atoms with E-state index in [1.165, 1.54) is 12.7 Å². The van der Waals surface area contributed by atoms with Gasteiger partial charge in [0.25, 0.3) is 0 Å². The largest absolute Gasteiger partial charge is 0.331 e. The van der Waals surface area contributed by atoms with Crippen molar-refractivity contribution in [2.24, 2.45) is 0 Å². The maximum Gasteiger partial charge on any atom is 0.145 e. The molecule has 0 radical (unpaired) electrons. The Bertz CT molecular complexity index is 481. The van der Waals surface area contributed by atoms with Crippen LogP contribution in [0.2, 0.25) is 5.15 Å². The van der Waals surface area contributed by atoms with E-state index in [9.17, 15) is 0 Å². The lowest BCUT2D eigenvalue weighted by atomic mass is 10.3. The summed E-state index contributed by atoms with van der Waals surface area (Å²) < 4.78 is 3.26. The summed E-state index contributed by atoms with van der Waals surface area (Å²) in [4.78, 5) is 8.28. The summed E-state index contributed by atoms with van der Waals surface area (Å²) in [6.07, 6.45) is 5.93. The van der Waals surface area contributed by atoms with E-state index in [2.05, 4.69) is 50.2 Å². The van der Waals surface area contributed by atoms with Crippen molar-refractivity contribution in [3.63, 3.8) is 0 Å². The number of fused-ring (bicyclic) bond motifs is 1. The van der Waals surface area contributed by atoms with Crippen molar-refractivity contribution in [3.8, 4) is 0 Å². The van der Waals surface area contributed by atoms with Gasteiger partial charge in [-0.05, 0) is 29.0 Å². The lowest BCUT2D eigenvalue weighted by Crippen LogP contribution is -1.97. The minimum absolute atomic E-state index is 0.541. The third kappa shape index (κ3) is 2.10. The lowest BCUT2D eigenvalue weighted by Gasteiger charge is -2.02. The molecule has 2 aromatic rings. The molecule has 3 nitrogen and oxygen atoms in total. The number of nitrogens with zero attached hydrogens (tertiary/aromatic N) is 3. The molecule has 0 saturated heterocycles. The topological polar surface area (TPSA) is 30.7 Å². The molecule has 0 spiro atoms. The number of hydrogen-bond donors (Lipinski definition) is 0. The number of aromatic nitrogens is 3. The first kappa shape index (κ1) is 11.1. The second-order valence-electron chi connectivity index (χ2n) is 3.39. The number of aryl methyl sites for hydroxylation is 1. The van der Waals surface area contributed by atoms with Gasteiger partial charge in [0.1, 0.15) is 17.1 Å². The molecule has 2 heterocycles. The van der Waals surface area contributed by atoms with Crippen LogP contribution in [0.5, 0.6) is 0 Å². The Labute approximate surface area is 107 Å². The molecule has 0 fully saturated rings. The van der Waals surface area contributed by atoms with E-state index in [1.807, 2.05) is 0 Å². The highest BCUT2D eigenvalue weighted by molar-refractivity contribution is 14.1. The highest BCUT2D eigenvalue weighted by Crippen LogP contribution is 2.26. The number of hydrogen-bond acceptors (Lipinski definition) is 2. The second kappa shape index (κ2) is 4.65. The first-order valence-corrected chi connectivity index (χ1v) is 6.34. The summed E-state index contributed by atoms with van der Waals surface area (Å²) in [5.74, 6) is 0. The third-order valence-corrected chi connectivity index (χ3v) is 3.42. The molecule has 15 heavy (non-hydrogen) atoms. The van der Waals surface area contributed by atoms with E-state index in [0.717, 1.165) is 27.6 Å². The van der Waals surface area contributed by atoms with Crippen molar-refractivity contribution >= 4 is 45.2 Å². The van der Waals surface area contributed by atoms with E-state index in [0.29, 0.717) is 5.15 Å². The van der Waals surface area contributed by atoms with Gasteiger partial charge in [-0.2, -0.15) is 0 Å². The minimum atomic E-state index is 0.541. The molecule has 2 rings (SSSR count). The van der Waals surface area contributed by atoms with Gasteiger partial charge in [0, 0.05) is 16.3 Å². The van der Waals surface area contributed by atoms with Crippen LogP contribution >= 0.6 is 34.2 Å². The van der Waals surface area contributed by atoms with Crippen LogP contribution in [0.3, 0.4) is 0 Å². The summed E-state index contributed by atoms with van der Waals surface area (Å²) >= 11 is 8.31. The SMILES string of the molecule is CCCCn1cc(I)c2c(Cl)ncnc21. The first-order valence-electron chi connectivity index (χ1n) is 4.89. The van der Waals surface area contributed by atoms with Gasteiger partial charge in [-0.15, -0.1) is 0 Å². The minimum Gasteiger partial charge on any atom is -0.331 e. The first-order chi connectivity index (χ1) is 7.24. The zero-order chi connectivity index (χ0) is 10.8. The van der Waals surface area contributed by atoms with Crippen LogP contribution in [0, 0.1) is 3.57 Å². The Hall–Kier alpha value is -0.360. The molecule has 0 bridgehead atoms. The molecule has 0 aromatic carbocycles. The van der Waals surface area contributed by atoms with Crippen LogP contribution in [0.1, 0.15) is 19.8 Å². The molecule has 0 saturated carbocycles. The van der Waals surface area contributed by atoms with Crippen molar-refractivity contribution in [2.75, 3.05) is 0 Å². The fourth-order valence-electron chi connectivity index (χ4n) is 1.54. The molecule has 0 amide bonds. The Morgan fingerprint density at radius 3 is 3.00 bits per heavy atom. The van der Waals surface area contributed by atoms with Gasteiger partial charge >= 0.3 is 0 Å². The molecule has 0 aliphatic heterocycles. The predicted octanol–water partition coefficient (Wildman–Crippen LogP) is 3.49. The molecule has 0 unspecified atom stereocenters. The van der Waals surface area contributed by atoms with E-state index in [4.69, 9.17) is 11.6 Å². The van der Waals surface area contributed by atoms with E-state index < -0.39 is 0 Å². The average molecular weight is 336 g/mol. The Balaban J connectivity index is 2.53. The fraction of sp³-hybridized carbons (Fsp3) is 0.400. The van der Waals surface area contributed by atoms with Gasteiger partial charge in [0.15, 0.2) is 0 Å². The summed E-state index contributed by atoms with van der Waals surface area (Å²) in [7, 11) is 0. The number of rotatable bonds is 3. The quantitative estimate of drug-likeness (QED) is 0.635. The third-order valence-electron chi connectivity index (χ3n) is 2.31. The normalized spacial score (nSPS) is 11.1. The molecule has 0 aliphatic carbocycles. The van der Waals surface area contributed by atoms with E-state index in [-0.39, 0.29) is 0 Å². The standard InChI is InChI=1S/C10H11ClIN3/c1-2-3-4-15-5-7(12)8-9(11)13-6-14-10(8)15/h5-6H,2-4H2,1H3. The number of halogens is 2. The zero-order valence-electron chi connectivity index (χ0n) is 8.37. The highest BCUT2D eigenvalue weighted by atomic mass is 127. The van der Waals surface area contributed by atoms with Crippen molar-refractivity contribution in [2.45, 2.75) is 26.3 Å². The maximum atomic E-state index is 6.04. The summed E-state index contributed by atoms with van der Waals surface area (Å²) in [6, 6.07) is 0. The smallest absolute Gasteiger partial charge is 0.145 e. The van der Waals surface area contributed by atoms with Gasteiger partial charge in [-0.3, -0.25) is 0 Å². The average Bonchev–Trinajstić information content (AvgIpc) is 2.54. The van der Waals surface area contributed by atoms with Gasteiger partial charge in [-0.25, -0.2) is 9.97 Å². The molecule has 0 atom stereocenters. The summed E-state index contributed by atoms with van der Waals surface area (Å²) in [6.45, 7) is 3.17. The molecular formula is C10H11ClIN3. The fourth-order valence-corrected chi connectivity index (χ4v) is 2.76. The lowest BCUT2D eigenvalue weighted by molar-refractivity contribution is 0.645. The van der Waals surface area contributed by atoms with Gasteiger partial charge in [0.2, 0.25) is 0 Å². The predicted molar refractivity (Wildman–Crippen MR) is 70.2 cm³/mol. The van der Waals surface area contributed by atoms with Gasteiger partial charge in [-0.1, -0.05) is 24.9 Å². The van der Waals surface area contributed by atoms with Gasteiger partial charge < -0.3 is 4.57 Å². The molecule has 0 N–H and O–H groups in total. The van der Waals surface area contributed by atoms with E-state index >= 15 is 0 Å². The van der Waals surface area contributed by atoms with Crippen molar-refractivity contribution < 1.29 is 0 Å².